The predicted molar refractivity (Wildman–Crippen MR) is 73.0 cm³/mol. The third kappa shape index (κ3) is 3.44. The molecule has 0 bridgehead atoms. The van der Waals surface area contributed by atoms with Crippen LogP contribution in [0.3, 0.4) is 0 Å². The zero-order chi connectivity index (χ0) is 12.8. The Morgan fingerprint density at radius 2 is 2.22 bits per heavy atom. The number of hydrogen-bond donors (Lipinski definition) is 2. The summed E-state index contributed by atoms with van der Waals surface area (Å²) >= 11 is 2.90. The van der Waals surface area contributed by atoms with Gasteiger partial charge in [0, 0.05) is 11.7 Å². The second kappa shape index (κ2) is 6.36. The number of rotatable bonds is 5. The fourth-order valence-electron chi connectivity index (χ4n) is 1.46. The van der Waals surface area contributed by atoms with Gasteiger partial charge in [0.05, 0.1) is 0 Å². The number of benzene rings is 1. The zero-order valence-corrected chi connectivity index (χ0v) is 11.1. The smallest absolute Gasteiger partial charge is 0.170 e. The summed E-state index contributed by atoms with van der Waals surface area (Å²) in [5.41, 5.74) is 6.71. The van der Waals surface area contributed by atoms with E-state index in [2.05, 4.69) is 14.5 Å². The third-order valence-corrected chi connectivity index (χ3v) is 4.28. The van der Waals surface area contributed by atoms with Crippen LogP contribution in [0.4, 0.5) is 0 Å². The number of nitrogens with zero attached hydrogens (tertiary/aromatic N) is 3. The Balaban J connectivity index is 2.18. The molecule has 1 aromatic heterocycles. The van der Waals surface area contributed by atoms with Gasteiger partial charge in [-0.25, -0.2) is 4.98 Å². The predicted octanol–water partition coefficient (Wildman–Crippen LogP) is 2.51. The van der Waals surface area contributed by atoms with E-state index in [9.17, 15) is 0 Å². The second-order valence-corrected chi connectivity index (χ2v) is 5.75. The van der Waals surface area contributed by atoms with Crippen LogP contribution in [0.15, 0.2) is 46.2 Å². The lowest BCUT2D eigenvalue weighted by Crippen LogP contribution is -2.14. The van der Waals surface area contributed by atoms with Gasteiger partial charge in [0.2, 0.25) is 0 Å². The van der Waals surface area contributed by atoms with Gasteiger partial charge >= 0.3 is 0 Å². The lowest BCUT2D eigenvalue weighted by Gasteiger charge is -2.14. The second-order valence-electron chi connectivity index (χ2n) is 3.52. The summed E-state index contributed by atoms with van der Waals surface area (Å²) < 4.78 is 4.84. The lowest BCUT2D eigenvalue weighted by molar-refractivity contribution is 0.317. The van der Waals surface area contributed by atoms with E-state index in [1.165, 1.54) is 17.9 Å². The van der Waals surface area contributed by atoms with Crippen molar-refractivity contribution in [3.05, 3.63) is 42.2 Å². The Hall–Kier alpha value is -1.60. The number of thioether (sulfide) groups is 1. The van der Waals surface area contributed by atoms with Crippen molar-refractivity contribution in [1.82, 2.24) is 9.36 Å². The molecule has 94 valence electrons. The maximum absolute atomic E-state index is 8.68. The molecule has 0 fully saturated rings. The van der Waals surface area contributed by atoms with Crippen LogP contribution in [0.25, 0.3) is 0 Å². The van der Waals surface area contributed by atoms with Crippen LogP contribution < -0.4 is 5.73 Å². The molecule has 0 amide bonds. The minimum atomic E-state index is 0.0649. The largest absolute Gasteiger partial charge is 0.409 e. The van der Waals surface area contributed by atoms with Crippen molar-refractivity contribution < 1.29 is 5.21 Å². The van der Waals surface area contributed by atoms with Crippen LogP contribution in [-0.2, 0) is 0 Å². The summed E-state index contributed by atoms with van der Waals surface area (Å²) in [4.78, 5) is 4.14. The van der Waals surface area contributed by atoms with Crippen molar-refractivity contribution >= 4 is 29.1 Å². The molecule has 2 rings (SSSR count). The first-order chi connectivity index (χ1) is 8.79. The molecule has 0 aliphatic carbocycles. The summed E-state index contributed by atoms with van der Waals surface area (Å²) in [5, 5.41) is 11.8. The molecule has 1 unspecified atom stereocenters. The third-order valence-electron chi connectivity index (χ3n) is 2.28. The van der Waals surface area contributed by atoms with Crippen LogP contribution >= 0.6 is 23.3 Å². The van der Waals surface area contributed by atoms with Crippen molar-refractivity contribution in [3.8, 4) is 0 Å². The number of amidine groups is 1. The molecule has 1 heterocycles. The number of oxime groups is 1. The van der Waals surface area contributed by atoms with Gasteiger partial charge in [0.25, 0.3) is 0 Å². The average Bonchev–Trinajstić information content (AvgIpc) is 2.92. The highest BCUT2D eigenvalue weighted by Gasteiger charge is 2.16. The molecule has 1 aromatic carbocycles. The molecule has 7 heteroatoms. The monoisotopic (exact) mass is 280 g/mol. The Morgan fingerprint density at radius 3 is 2.83 bits per heavy atom. The van der Waals surface area contributed by atoms with E-state index in [1.54, 1.807) is 11.8 Å². The Kier molecular flexibility index (Phi) is 4.54. The van der Waals surface area contributed by atoms with E-state index in [0.29, 0.717) is 6.42 Å². The first-order valence-electron chi connectivity index (χ1n) is 5.24. The summed E-state index contributed by atoms with van der Waals surface area (Å²) in [7, 11) is 0. The standard InChI is InChI=1S/C11H12N4OS2/c12-10(15-16)6-9(8-4-2-1-3-5-8)17-11-13-7-14-18-11/h1-5,7,9,16H,6H2,(H2,12,15). The van der Waals surface area contributed by atoms with Crippen molar-refractivity contribution in [2.24, 2.45) is 10.9 Å². The van der Waals surface area contributed by atoms with E-state index in [-0.39, 0.29) is 11.1 Å². The van der Waals surface area contributed by atoms with Gasteiger partial charge < -0.3 is 10.9 Å². The molecule has 18 heavy (non-hydrogen) atoms. The van der Waals surface area contributed by atoms with Gasteiger partial charge in [-0.15, -0.1) is 0 Å². The van der Waals surface area contributed by atoms with Crippen molar-refractivity contribution in [1.29, 1.82) is 0 Å². The highest BCUT2D eigenvalue weighted by molar-refractivity contribution is 8.01. The molecule has 3 N–H and O–H groups in total. The maximum atomic E-state index is 8.68. The molecule has 0 radical (unpaired) electrons. The Bertz CT molecular complexity index is 501. The van der Waals surface area contributed by atoms with E-state index in [0.717, 1.165) is 9.90 Å². The maximum Gasteiger partial charge on any atom is 0.170 e. The minimum absolute atomic E-state index is 0.0649. The Labute approximate surface area is 113 Å². The van der Waals surface area contributed by atoms with Crippen LogP contribution in [0.2, 0.25) is 0 Å². The topological polar surface area (TPSA) is 84.4 Å². The quantitative estimate of drug-likeness (QED) is 0.289. The van der Waals surface area contributed by atoms with E-state index >= 15 is 0 Å². The molecule has 2 aromatic rings. The molecule has 0 saturated carbocycles. The van der Waals surface area contributed by atoms with Gasteiger partial charge in [-0.3, -0.25) is 0 Å². The summed E-state index contributed by atoms with van der Waals surface area (Å²) in [6.07, 6.45) is 1.99. The minimum Gasteiger partial charge on any atom is -0.409 e. The van der Waals surface area contributed by atoms with Gasteiger partial charge in [-0.05, 0) is 17.1 Å². The summed E-state index contributed by atoms with van der Waals surface area (Å²) in [5.74, 6) is 0.209. The summed E-state index contributed by atoms with van der Waals surface area (Å²) in [6, 6.07) is 9.93. The van der Waals surface area contributed by atoms with Crippen LogP contribution in [0.5, 0.6) is 0 Å². The number of aromatic nitrogens is 2. The molecule has 0 aliphatic rings. The van der Waals surface area contributed by atoms with Crippen molar-refractivity contribution in [2.45, 2.75) is 16.0 Å². The first-order valence-corrected chi connectivity index (χ1v) is 6.89. The van der Waals surface area contributed by atoms with Crippen LogP contribution in [0.1, 0.15) is 17.2 Å². The lowest BCUT2D eigenvalue weighted by atomic mass is 10.1. The van der Waals surface area contributed by atoms with E-state index < -0.39 is 0 Å². The normalized spacial score (nSPS) is 13.4. The molecule has 5 nitrogen and oxygen atoms in total. The first kappa shape index (κ1) is 12.8. The van der Waals surface area contributed by atoms with Crippen LogP contribution in [-0.4, -0.2) is 20.4 Å². The van der Waals surface area contributed by atoms with Crippen LogP contribution in [0, 0.1) is 0 Å². The summed E-state index contributed by atoms with van der Waals surface area (Å²) in [6.45, 7) is 0. The molecule has 0 spiro atoms. The highest BCUT2D eigenvalue weighted by atomic mass is 32.2. The van der Waals surface area contributed by atoms with E-state index in [4.69, 9.17) is 10.9 Å². The zero-order valence-electron chi connectivity index (χ0n) is 9.43. The molecule has 1 atom stereocenters. The molecule has 0 saturated heterocycles. The van der Waals surface area contributed by atoms with Gasteiger partial charge in [0.1, 0.15) is 12.2 Å². The van der Waals surface area contributed by atoms with Crippen molar-refractivity contribution in [3.63, 3.8) is 0 Å². The fourth-order valence-corrected chi connectivity index (χ4v) is 3.29. The van der Waals surface area contributed by atoms with Crippen molar-refractivity contribution in [2.75, 3.05) is 0 Å². The highest BCUT2D eigenvalue weighted by Crippen LogP contribution is 2.37. The van der Waals surface area contributed by atoms with E-state index in [1.807, 2.05) is 30.3 Å². The molecular formula is C11H12N4OS2. The van der Waals surface area contributed by atoms with Gasteiger partial charge in [-0.1, -0.05) is 47.2 Å². The Morgan fingerprint density at radius 1 is 1.44 bits per heavy atom. The fraction of sp³-hybridized carbons (Fsp3) is 0.182. The van der Waals surface area contributed by atoms with Gasteiger partial charge in [0.15, 0.2) is 4.34 Å². The molecular weight excluding hydrogens is 268 g/mol. The van der Waals surface area contributed by atoms with Gasteiger partial charge in [-0.2, -0.15) is 4.37 Å². The SMILES string of the molecule is NC(CC(Sc1ncns1)c1ccccc1)=NO. The number of nitrogens with two attached hydrogens (primary N) is 1. The average molecular weight is 280 g/mol. The number of hydrogen-bond acceptors (Lipinski definition) is 6. The molecule has 0 aliphatic heterocycles.